The van der Waals surface area contributed by atoms with Gasteiger partial charge in [-0.2, -0.15) is 0 Å². The lowest BCUT2D eigenvalue weighted by molar-refractivity contribution is -0.111. The lowest BCUT2D eigenvalue weighted by Gasteiger charge is -2.03. The maximum absolute atomic E-state index is 13.0. The second-order valence-corrected chi connectivity index (χ2v) is 4.65. The first-order valence-electron chi connectivity index (χ1n) is 6.76. The largest absolute Gasteiger partial charge is 0.355 e. The van der Waals surface area contributed by atoms with Crippen molar-refractivity contribution in [3.63, 3.8) is 0 Å². The molecule has 0 fully saturated rings. The molecule has 0 saturated carbocycles. The van der Waals surface area contributed by atoms with Crippen molar-refractivity contribution < 1.29 is 18.4 Å². The molecule has 118 valence electrons. The summed E-state index contributed by atoms with van der Waals surface area (Å²) in [4.78, 5) is 23.1. The van der Waals surface area contributed by atoms with Crippen LogP contribution >= 0.6 is 0 Å². The zero-order chi connectivity index (χ0) is 16.8. The van der Waals surface area contributed by atoms with E-state index in [-0.39, 0.29) is 11.6 Å². The summed E-state index contributed by atoms with van der Waals surface area (Å²) in [6.07, 6.45) is 2.80. The molecule has 2 N–H and O–H groups in total. The molecule has 2 rings (SSSR count). The Balaban J connectivity index is 2.00. The van der Waals surface area contributed by atoms with Crippen LogP contribution in [-0.4, -0.2) is 18.9 Å². The Labute approximate surface area is 131 Å². The minimum Gasteiger partial charge on any atom is -0.355 e. The minimum atomic E-state index is -1.03. The summed E-state index contributed by atoms with van der Waals surface area (Å²) in [5.41, 5.74) is 1.39. The van der Waals surface area contributed by atoms with Gasteiger partial charge in [0.2, 0.25) is 5.91 Å². The molecule has 0 heterocycles. The number of anilines is 1. The zero-order valence-electron chi connectivity index (χ0n) is 12.3. The smallest absolute Gasteiger partial charge is 0.251 e. The van der Waals surface area contributed by atoms with Crippen molar-refractivity contribution in [3.8, 4) is 0 Å². The Hall–Kier alpha value is -3.02. The number of halogens is 2. The first-order valence-corrected chi connectivity index (χ1v) is 6.76. The summed E-state index contributed by atoms with van der Waals surface area (Å²) in [6, 6.07) is 9.74. The van der Waals surface area contributed by atoms with Gasteiger partial charge in [0.15, 0.2) is 11.6 Å². The quantitative estimate of drug-likeness (QED) is 0.852. The van der Waals surface area contributed by atoms with Gasteiger partial charge in [-0.15, -0.1) is 0 Å². The van der Waals surface area contributed by atoms with Crippen molar-refractivity contribution in [2.45, 2.75) is 0 Å². The number of hydrogen-bond acceptors (Lipinski definition) is 2. The fourth-order valence-electron chi connectivity index (χ4n) is 1.82. The first-order chi connectivity index (χ1) is 11.0. The highest BCUT2D eigenvalue weighted by Gasteiger charge is 2.04. The van der Waals surface area contributed by atoms with E-state index in [1.165, 1.54) is 12.1 Å². The lowest BCUT2D eigenvalue weighted by atomic mass is 10.1. The van der Waals surface area contributed by atoms with E-state index in [0.29, 0.717) is 5.56 Å². The second kappa shape index (κ2) is 7.31. The van der Waals surface area contributed by atoms with Crippen LogP contribution in [0.2, 0.25) is 0 Å². The van der Waals surface area contributed by atoms with E-state index in [0.717, 1.165) is 17.7 Å². The average molecular weight is 316 g/mol. The molecule has 23 heavy (non-hydrogen) atoms. The monoisotopic (exact) mass is 316 g/mol. The van der Waals surface area contributed by atoms with Gasteiger partial charge in [0.1, 0.15) is 0 Å². The van der Waals surface area contributed by atoms with Crippen molar-refractivity contribution in [2.75, 3.05) is 12.4 Å². The number of carbonyl (C=O) groups is 2. The van der Waals surface area contributed by atoms with Gasteiger partial charge in [0.25, 0.3) is 5.91 Å². The zero-order valence-corrected chi connectivity index (χ0v) is 12.3. The summed E-state index contributed by atoms with van der Waals surface area (Å²) in [5, 5.41) is 4.93. The van der Waals surface area contributed by atoms with Crippen molar-refractivity contribution in [1.82, 2.24) is 5.32 Å². The Kier molecular flexibility index (Phi) is 5.19. The molecule has 4 nitrogen and oxygen atoms in total. The SMILES string of the molecule is CNC(=O)c1ccc(/C=C/C(=O)Nc2ccc(F)c(F)c2)cc1. The molecule has 0 aliphatic rings. The van der Waals surface area contributed by atoms with Crippen LogP contribution in [0, 0.1) is 11.6 Å². The highest BCUT2D eigenvalue weighted by molar-refractivity contribution is 6.02. The molecule has 0 atom stereocenters. The predicted molar refractivity (Wildman–Crippen MR) is 83.9 cm³/mol. The van der Waals surface area contributed by atoms with E-state index in [1.807, 2.05) is 0 Å². The summed E-state index contributed by atoms with van der Waals surface area (Å²) in [7, 11) is 1.54. The van der Waals surface area contributed by atoms with Crippen LogP contribution in [-0.2, 0) is 4.79 Å². The van der Waals surface area contributed by atoms with Gasteiger partial charge in [0.05, 0.1) is 0 Å². The van der Waals surface area contributed by atoms with Crippen LogP contribution in [0.1, 0.15) is 15.9 Å². The molecule has 2 amide bonds. The highest BCUT2D eigenvalue weighted by Crippen LogP contribution is 2.13. The standard InChI is InChI=1S/C17H14F2N2O2/c1-20-17(23)12-5-2-11(3-6-12)4-9-16(22)21-13-7-8-14(18)15(19)10-13/h2-10H,1H3,(H,20,23)(H,21,22)/b9-4+. The molecular formula is C17H14F2N2O2. The number of carbonyl (C=O) groups excluding carboxylic acids is 2. The van der Waals surface area contributed by atoms with E-state index < -0.39 is 17.5 Å². The van der Waals surface area contributed by atoms with Crippen LogP contribution in [0.15, 0.2) is 48.5 Å². The van der Waals surface area contributed by atoms with Crippen LogP contribution in [0.25, 0.3) is 6.08 Å². The average Bonchev–Trinajstić information content (AvgIpc) is 2.56. The molecule has 0 aromatic heterocycles. The molecule has 0 aliphatic heterocycles. The fraction of sp³-hybridized carbons (Fsp3) is 0.0588. The van der Waals surface area contributed by atoms with Gasteiger partial charge in [0, 0.05) is 30.4 Å². The lowest BCUT2D eigenvalue weighted by Crippen LogP contribution is -2.17. The normalized spacial score (nSPS) is 10.6. The van der Waals surface area contributed by atoms with Crippen molar-refractivity contribution in [2.24, 2.45) is 0 Å². The fourth-order valence-corrected chi connectivity index (χ4v) is 1.82. The molecule has 0 unspecified atom stereocenters. The number of hydrogen-bond donors (Lipinski definition) is 2. The second-order valence-electron chi connectivity index (χ2n) is 4.65. The number of rotatable bonds is 4. The maximum Gasteiger partial charge on any atom is 0.251 e. The number of nitrogens with one attached hydrogen (secondary N) is 2. The van der Waals surface area contributed by atoms with Gasteiger partial charge >= 0.3 is 0 Å². The Bertz CT molecular complexity index is 756. The third kappa shape index (κ3) is 4.47. The van der Waals surface area contributed by atoms with E-state index in [9.17, 15) is 18.4 Å². The van der Waals surface area contributed by atoms with Crippen LogP contribution in [0.4, 0.5) is 14.5 Å². The molecule has 0 spiro atoms. The highest BCUT2D eigenvalue weighted by atomic mass is 19.2. The maximum atomic E-state index is 13.0. The third-order valence-electron chi connectivity index (χ3n) is 3.01. The topological polar surface area (TPSA) is 58.2 Å². The minimum absolute atomic E-state index is 0.161. The van der Waals surface area contributed by atoms with E-state index in [2.05, 4.69) is 10.6 Å². The first kappa shape index (κ1) is 16.4. The molecule has 0 saturated heterocycles. The summed E-state index contributed by atoms with van der Waals surface area (Å²) < 4.78 is 25.8. The van der Waals surface area contributed by atoms with Crippen molar-refractivity contribution in [3.05, 3.63) is 71.3 Å². The Morgan fingerprint density at radius 1 is 1.00 bits per heavy atom. The van der Waals surface area contributed by atoms with Gasteiger partial charge in [-0.3, -0.25) is 9.59 Å². The Morgan fingerprint density at radius 3 is 2.30 bits per heavy atom. The van der Waals surface area contributed by atoms with E-state index in [4.69, 9.17) is 0 Å². The summed E-state index contributed by atoms with van der Waals surface area (Å²) in [6.45, 7) is 0. The Morgan fingerprint density at radius 2 is 1.70 bits per heavy atom. The van der Waals surface area contributed by atoms with Gasteiger partial charge in [-0.1, -0.05) is 12.1 Å². The van der Waals surface area contributed by atoms with Crippen LogP contribution < -0.4 is 10.6 Å². The van der Waals surface area contributed by atoms with Crippen molar-refractivity contribution >= 4 is 23.6 Å². The van der Waals surface area contributed by atoms with Crippen LogP contribution in [0.5, 0.6) is 0 Å². The van der Waals surface area contributed by atoms with Gasteiger partial charge in [-0.25, -0.2) is 8.78 Å². The van der Waals surface area contributed by atoms with Crippen LogP contribution in [0.3, 0.4) is 0 Å². The molecule has 2 aromatic carbocycles. The van der Waals surface area contributed by atoms with E-state index in [1.54, 1.807) is 37.4 Å². The third-order valence-corrected chi connectivity index (χ3v) is 3.01. The summed E-state index contributed by atoms with van der Waals surface area (Å²) >= 11 is 0. The molecule has 6 heteroatoms. The molecule has 0 aliphatic carbocycles. The summed E-state index contributed by atoms with van der Waals surface area (Å²) in [5.74, 6) is -2.69. The molecule has 0 bridgehead atoms. The molecule has 0 radical (unpaired) electrons. The number of benzene rings is 2. The van der Waals surface area contributed by atoms with Gasteiger partial charge < -0.3 is 10.6 Å². The van der Waals surface area contributed by atoms with E-state index >= 15 is 0 Å². The van der Waals surface area contributed by atoms with Crippen molar-refractivity contribution in [1.29, 1.82) is 0 Å². The molecule has 2 aromatic rings. The van der Waals surface area contributed by atoms with Gasteiger partial charge in [-0.05, 0) is 35.9 Å². The predicted octanol–water partition coefficient (Wildman–Crippen LogP) is 2.98. The number of amides is 2. The molecular weight excluding hydrogens is 302 g/mol.